The monoisotopic (exact) mass is 318 g/mol. The first kappa shape index (κ1) is 15.3. The van der Waals surface area contributed by atoms with Crippen LogP contribution in [0.4, 0.5) is 0 Å². The van der Waals surface area contributed by atoms with Crippen LogP contribution in [0.15, 0.2) is 24.3 Å². The molecule has 1 amide bonds. The fourth-order valence-corrected chi connectivity index (χ4v) is 4.16. The van der Waals surface area contributed by atoms with Crippen LogP contribution < -0.4 is 4.74 Å². The topological polar surface area (TPSA) is 34.5 Å². The molecule has 0 saturated carbocycles. The Morgan fingerprint density at radius 3 is 2.73 bits per heavy atom. The summed E-state index contributed by atoms with van der Waals surface area (Å²) in [6, 6.07) is 8.24. The molecule has 2 heterocycles. The minimum Gasteiger partial charge on any atom is -0.497 e. The van der Waals surface area contributed by atoms with Gasteiger partial charge in [0.25, 0.3) is 5.91 Å². The quantitative estimate of drug-likeness (QED) is 0.872. The summed E-state index contributed by atoms with van der Waals surface area (Å²) in [5, 5.41) is 1.04. The number of ether oxygens (including phenoxy) is 1. The summed E-state index contributed by atoms with van der Waals surface area (Å²) < 4.78 is 7.24. The average molecular weight is 318 g/mol. The van der Waals surface area contributed by atoms with Gasteiger partial charge in [0.1, 0.15) is 11.4 Å². The number of nitrogens with zero attached hydrogens (tertiary/aromatic N) is 2. The highest BCUT2D eigenvalue weighted by Gasteiger charge is 2.25. The van der Waals surface area contributed by atoms with Gasteiger partial charge in [-0.25, -0.2) is 0 Å². The molecule has 1 aliphatic rings. The van der Waals surface area contributed by atoms with Crippen molar-refractivity contribution in [2.24, 2.45) is 7.05 Å². The standard InChI is InChI=1S/C17H22N2O2S/c1-18(13-6-8-22-9-7-13)17(20)16-11-12-10-14(21-3)4-5-15(12)19(16)2/h4-5,10-11,13H,6-9H2,1-3H3. The number of fused-ring (bicyclic) bond motifs is 1. The lowest BCUT2D eigenvalue weighted by Gasteiger charge is -2.31. The maximum atomic E-state index is 12.9. The van der Waals surface area contributed by atoms with Gasteiger partial charge in [0.2, 0.25) is 0 Å². The number of carbonyl (C=O) groups is 1. The van der Waals surface area contributed by atoms with Crippen LogP contribution in [0.25, 0.3) is 10.9 Å². The Bertz CT molecular complexity index is 689. The van der Waals surface area contributed by atoms with Gasteiger partial charge in [0.05, 0.1) is 7.11 Å². The van der Waals surface area contributed by atoms with Crippen LogP contribution in [0.1, 0.15) is 23.3 Å². The van der Waals surface area contributed by atoms with Crippen LogP contribution >= 0.6 is 11.8 Å². The molecule has 0 N–H and O–H groups in total. The zero-order valence-electron chi connectivity index (χ0n) is 13.3. The van der Waals surface area contributed by atoms with E-state index in [2.05, 4.69) is 0 Å². The number of aryl methyl sites for hydroxylation is 1. The van der Waals surface area contributed by atoms with Gasteiger partial charge >= 0.3 is 0 Å². The summed E-state index contributed by atoms with van der Waals surface area (Å²) >= 11 is 1.98. The molecule has 22 heavy (non-hydrogen) atoms. The first-order valence-corrected chi connectivity index (χ1v) is 8.75. The van der Waals surface area contributed by atoms with Crippen molar-refractivity contribution in [2.75, 3.05) is 25.7 Å². The predicted octanol–water partition coefficient (Wildman–Crippen LogP) is 3.15. The Morgan fingerprint density at radius 1 is 1.32 bits per heavy atom. The molecule has 5 heteroatoms. The van der Waals surface area contributed by atoms with Crippen molar-refractivity contribution >= 4 is 28.6 Å². The van der Waals surface area contributed by atoms with E-state index >= 15 is 0 Å². The molecule has 0 aliphatic carbocycles. The van der Waals surface area contributed by atoms with Gasteiger partial charge < -0.3 is 14.2 Å². The van der Waals surface area contributed by atoms with Crippen molar-refractivity contribution in [3.63, 3.8) is 0 Å². The fraction of sp³-hybridized carbons (Fsp3) is 0.471. The molecule has 1 aromatic heterocycles. The Kier molecular flexibility index (Phi) is 4.34. The molecule has 0 bridgehead atoms. The number of carbonyl (C=O) groups excluding carboxylic acids is 1. The van der Waals surface area contributed by atoms with Crippen molar-refractivity contribution in [1.29, 1.82) is 0 Å². The fourth-order valence-electron chi connectivity index (χ4n) is 3.08. The zero-order chi connectivity index (χ0) is 15.7. The van der Waals surface area contributed by atoms with Crippen molar-refractivity contribution < 1.29 is 9.53 Å². The van der Waals surface area contributed by atoms with E-state index in [4.69, 9.17) is 4.74 Å². The number of hydrogen-bond donors (Lipinski definition) is 0. The van der Waals surface area contributed by atoms with Gasteiger partial charge in [0, 0.05) is 31.0 Å². The van der Waals surface area contributed by atoms with E-state index in [9.17, 15) is 4.79 Å². The maximum Gasteiger partial charge on any atom is 0.270 e. The minimum atomic E-state index is 0.106. The van der Waals surface area contributed by atoms with Gasteiger partial charge in [-0.15, -0.1) is 0 Å². The normalized spacial score (nSPS) is 16.0. The molecule has 1 fully saturated rings. The first-order valence-electron chi connectivity index (χ1n) is 7.60. The Balaban J connectivity index is 1.91. The highest BCUT2D eigenvalue weighted by atomic mass is 32.2. The zero-order valence-corrected chi connectivity index (χ0v) is 14.2. The van der Waals surface area contributed by atoms with Crippen LogP contribution in [0.3, 0.4) is 0 Å². The smallest absolute Gasteiger partial charge is 0.270 e. The Labute approximate surface area is 135 Å². The molecule has 0 radical (unpaired) electrons. The van der Waals surface area contributed by atoms with E-state index in [0.717, 1.165) is 46.7 Å². The first-order chi connectivity index (χ1) is 10.6. The number of hydrogen-bond acceptors (Lipinski definition) is 3. The van der Waals surface area contributed by atoms with Crippen LogP contribution in [0.2, 0.25) is 0 Å². The molecular weight excluding hydrogens is 296 g/mol. The molecule has 0 atom stereocenters. The molecule has 118 valence electrons. The third-order valence-electron chi connectivity index (χ3n) is 4.53. The van der Waals surface area contributed by atoms with Gasteiger partial charge in [-0.3, -0.25) is 4.79 Å². The Hall–Kier alpha value is -1.62. The van der Waals surface area contributed by atoms with Crippen molar-refractivity contribution in [2.45, 2.75) is 18.9 Å². The second-order valence-corrected chi connectivity index (χ2v) is 7.00. The average Bonchev–Trinajstić information content (AvgIpc) is 2.90. The van der Waals surface area contributed by atoms with E-state index in [-0.39, 0.29) is 5.91 Å². The van der Waals surface area contributed by atoms with Gasteiger partial charge in [0.15, 0.2) is 0 Å². The molecule has 0 unspecified atom stereocenters. The lowest BCUT2D eigenvalue weighted by molar-refractivity contribution is 0.0714. The van der Waals surface area contributed by atoms with Crippen LogP contribution in [0, 0.1) is 0 Å². The van der Waals surface area contributed by atoms with Crippen molar-refractivity contribution in [3.8, 4) is 5.75 Å². The third kappa shape index (κ3) is 2.70. The lowest BCUT2D eigenvalue weighted by Crippen LogP contribution is -2.39. The second kappa shape index (κ2) is 6.24. The van der Waals surface area contributed by atoms with E-state index in [1.807, 2.05) is 59.6 Å². The molecule has 2 aromatic rings. The van der Waals surface area contributed by atoms with Crippen LogP contribution in [-0.2, 0) is 7.05 Å². The molecule has 1 aromatic carbocycles. The maximum absolute atomic E-state index is 12.9. The summed E-state index contributed by atoms with van der Waals surface area (Å²) in [5.41, 5.74) is 1.79. The van der Waals surface area contributed by atoms with Crippen molar-refractivity contribution in [1.82, 2.24) is 9.47 Å². The molecular formula is C17H22N2O2S. The molecule has 3 rings (SSSR count). The molecule has 4 nitrogen and oxygen atoms in total. The van der Waals surface area contributed by atoms with E-state index < -0.39 is 0 Å². The summed E-state index contributed by atoms with van der Waals surface area (Å²) in [6.45, 7) is 0. The number of benzene rings is 1. The summed E-state index contributed by atoms with van der Waals surface area (Å²) in [7, 11) is 5.54. The lowest BCUT2D eigenvalue weighted by atomic mass is 10.1. The predicted molar refractivity (Wildman–Crippen MR) is 91.9 cm³/mol. The van der Waals surface area contributed by atoms with Gasteiger partial charge in [-0.1, -0.05) is 0 Å². The number of thioether (sulfide) groups is 1. The second-order valence-electron chi connectivity index (χ2n) is 5.77. The van der Waals surface area contributed by atoms with Gasteiger partial charge in [-0.05, 0) is 48.6 Å². The minimum absolute atomic E-state index is 0.106. The highest BCUT2D eigenvalue weighted by molar-refractivity contribution is 7.99. The number of rotatable bonds is 3. The van der Waals surface area contributed by atoms with Crippen molar-refractivity contribution in [3.05, 3.63) is 30.0 Å². The molecule has 1 saturated heterocycles. The van der Waals surface area contributed by atoms with Crippen LogP contribution in [0.5, 0.6) is 5.75 Å². The molecule has 1 aliphatic heterocycles. The van der Waals surface area contributed by atoms with E-state index in [0.29, 0.717) is 6.04 Å². The highest BCUT2D eigenvalue weighted by Crippen LogP contribution is 2.26. The van der Waals surface area contributed by atoms with Crippen LogP contribution in [-0.4, -0.2) is 47.1 Å². The summed E-state index contributed by atoms with van der Waals surface area (Å²) in [5.74, 6) is 3.22. The third-order valence-corrected chi connectivity index (χ3v) is 5.58. The summed E-state index contributed by atoms with van der Waals surface area (Å²) in [4.78, 5) is 14.8. The Morgan fingerprint density at radius 2 is 2.05 bits per heavy atom. The SMILES string of the molecule is COc1ccc2c(c1)cc(C(=O)N(C)C1CCSCC1)n2C. The number of amides is 1. The number of methoxy groups -OCH3 is 1. The summed E-state index contributed by atoms with van der Waals surface area (Å²) in [6.07, 6.45) is 2.18. The van der Waals surface area contributed by atoms with E-state index in [1.165, 1.54) is 0 Å². The molecule has 0 spiro atoms. The van der Waals surface area contributed by atoms with E-state index in [1.54, 1.807) is 7.11 Å². The number of aromatic nitrogens is 1. The largest absolute Gasteiger partial charge is 0.497 e. The van der Waals surface area contributed by atoms with Gasteiger partial charge in [-0.2, -0.15) is 11.8 Å².